The Morgan fingerprint density at radius 3 is 1.11 bits per heavy atom. The highest BCUT2D eigenvalue weighted by molar-refractivity contribution is 5.69. The minimum absolute atomic E-state index is 0.178. The molecular weight excluding hydrogens is 701 g/mol. The second kappa shape index (κ2) is 50.2. The van der Waals surface area contributed by atoms with E-state index in [1.807, 2.05) is 0 Å². The van der Waals surface area contributed by atoms with Gasteiger partial charge in [-0.15, -0.1) is 0 Å². The summed E-state index contributed by atoms with van der Waals surface area (Å²) < 4.78 is 11.2. The van der Waals surface area contributed by atoms with Gasteiger partial charge >= 0.3 is 5.97 Å². The molecular formula is C53H96O4. The maximum atomic E-state index is 12.3. The van der Waals surface area contributed by atoms with Crippen LogP contribution in [0.15, 0.2) is 60.8 Å². The van der Waals surface area contributed by atoms with Crippen molar-refractivity contribution in [3.05, 3.63) is 60.8 Å². The molecule has 0 saturated heterocycles. The van der Waals surface area contributed by atoms with Gasteiger partial charge in [0.05, 0.1) is 13.2 Å². The molecule has 1 unspecified atom stereocenters. The molecule has 0 spiro atoms. The van der Waals surface area contributed by atoms with Crippen molar-refractivity contribution in [1.82, 2.24) is 0 Å². The topological polar surface area (TPSA) is 55.8 Å². The van der Waals surface area contributed by atoms with Crippen molar-refractivity contribution in [1.29, 1.82) is 0 Å². The van der Waals surface area contributed by atoms with Crippen LogP contribution in [0.1, 0.15) is 245 Å². The Morgan fingerprint density at radius 1 is 0.421 bits per heavy atom. The van der Waals surface area contributed by atoms with E-state index in [4.69, 9.17) is 9.47 Å². The Bertz CT molecular complexity index is 931. The average Bonchev–Trinajstić information content (AvgIpc) is 3.22. The molecule has 332 valence electrons. The molecule has 0 aromatic rings. The van der Waals surface area contributed by atoms with Gasteiger partial charge in [0.25, 0.3) is 0 Å². The Morgan fingerprint density at radius 2 is 0.737 bits per heavy atom. The molecule has 0 aliphatic rings. The molecule has 0 aromatic heterocycles. The summed E-state index contributed by atoms with van der Waals surface area (Å²) in [5.41, 5.74) is 0. The number of rotatable bonds is 46. The highest BCUT2D eigenvalue weighted by atomic mass is 16.6. The van der Waals surface area contributed by atoms with Crippen molar-refractivity contribution in [3.8, 4) is 0 Å². The van der Waals surface area contributed by atoms with E-state index in [9.17, 15) is 9.90 Å². The zero-order chi connectivity index (χ0) is 41.2. The quantitative estimate of drug-likeness (QED) is 0.0379. The fourth-order valence-electron chi connectivity index (χ4n) is 7.07. The first-order chi connectivity index (χ1) is 28.2. The zero-order valence-corrected chi connectivity index (χ0v) is 38.1. The van der Waals surface area contributed by atoms with Crippen molar-refractivity contribution < 1.29 is 19.4 Å². The summed E-state index contributed by atoms with van der Waals surface area (Å²) in [6.45, 7) is 5.32. The molecule has 1 atom stereocenters. The van der Waals surface area contributed by atoms with Gasteiger partial charge in [-0.2, -0.15) is 0 Å². The standard InChI is InChI=1S/C53H96O4/c1-3-5-7-9-11-13-15-17-19-21-23-25-27-28-30-32-34-36-38-40-42-44-46-48-53(55)57-52(50-54)51-56-49-47-45-43-41-39-37-35-33-31-29-26-24-22-20-18-16-14-12-10-8-6-4-2/h15-18,21-24,29,31,52,54H,3-14,19-20,25-28,30,32-51H2,1-2H3/b17-15-,18-16-,23-21-,24-22-,31-29-. The van der Waals surface area contributed by atoms with Crippen molar-refractivity contribution in [2.75, 3.05) is 19.8 Å². The van der Waals surface area contributed by atoms with E-state index in [2.05, 4.69) is 74.6 Å². The number of unbranched alkanes of at least 4 members (excludes halogenated alkanes) is 28. The smallest absolute Gasteiger partial charge is 0.306 e. The molecule has 4 nitrogen and oxygen atoms in total. The zero-order valence-electron chi connectivity index (χ0n) is 38.1. The predicted molar refractivity (Wildman–Crippen MR) is 251 cm³/mol. The van der Waals surface area contributed by atoms with Gasteiger partial charge in [-0.25, -0.2) is 0 Å². The van der Waals surface area contributed by atoms with Crippen LogP contribution >= 0.6 is 0 Å². The number of aliphatic hydroxyl groups is 1. The van der Waals surface area contributed by atoms with Crippen molar-refractivity contribution >= 4 is 5.97 Å². The highest BCUT2D eigenvalue weighted by Crippen LogP contribution is 2.14. The van der Waals surface area contributed by atoms with Gasteiger partial charge in [0, 0.05) is 13.0 Å². The summed E-state index contributed by atoms with van der Waals surface area (Å²) in [5, 5.41) is 9.64. The van der Waals surface area contributed by atoms with Crippen LogP contribution in [-0.2, 0) is 14.3 Å². The molecule has 0 heterocycles. The number of hydrogen-bond donors (Lipinski definition) is 1. The Balaban J connectivity index is 3.45. The SMILES string of the molecule is CCCCCCC/C=C\C/C=C\C/C=C\CCCCCCCCCOCC(CO)OC(=O)CCCCCCCCCCCCC/C=C\C/C=C\CCCCCCC. The van der Waals surface area contributed by atoms with Gasteiger partial charge in [-0.05, 0) is 83.5 Å². The molecule has 0 aliphatic carbocycles. The number of carbonyl (C=O) groups excluding carboxylic acids is 1. The Hall–Kier alpha value is -1.91. The van der Waals surface area contributed by atoms with Gasteiger partial charge in [0.2, 0.25) is 0 Å². The number of carbonyl (C=O) groups is 1. The van der Waals surface area contributed by atoms with E-state index in [-0.39, 0.29) is 19.2 Å². The van der Waals surface area contributed by atoms with E-state index >= 15 is 0 Å². The largest absolute Gasteiger partial charge is 0.457 e. The summed E-state index contributed by atoms with van der Waals surface area (Å²) in [4.78, 5) is 12.3. The summed E-state index contributed by atoms with van der Waals surface area (Å²) in [7, 11) is 0. The van der Waals surface area contributed by atoms with E-state index in [1.54, 1.807) is 0 Å². The maximum absolute atomic E-state index is 12.3. The first-order valence-corrected chi connectivity index (χ1v) is 24.9. The molecule has 0 amide bonds. The number of allylic oxidation sites excluding steroid dienone is 10. The minimum atomic E-state index is -0.544. The molecule has 0 saturated carbocycles. The third kappa shape index (κ3) is 48.4. The third-order valence-electron chi connectivity index (χ3n) is 10.8. The van der Waals surface area contributed by atoms with Crippen molar-refractivity contribution in [2.45, 2.75) is 251 Å². The lowest BCUT2D eigenvalue weighted by molar-refractivity contribution is -0.154. The molecule has 0 bridgehead atoms. The van der Waals surface area contributed by atoms with Crippen molar-refractivity contribution in [2.24, 2.45) is 0 Å². The van der Waals surface area contributed by atoms with Crippen LogP contribution in [0.2, 0.25) is 0 Å². The van der Waals surface area contributed by atoms with E-state index in [0.717, 1.165) is 38.5 Å². The molecule has 0 aromatic carbocycles. The van der Waals surface area contributed by atoms with Crippen LogP contribution in [0.3, 0.4) is 0 Å². The number of hydrogen-bond acceptors (Lipinski definition) is 4. The average molecular weight is 797 g/mol. The van der Waals surface area contributed by atoms with Crippen LogP contribution in [-0.4, -0.2) is 37.0 Å². The van der Waals surface area contributed by atoms with Crippen molar-refractivity contribution in [3.63, 3.8) is 0 Å². The highest BCUT2D eigenvalue weighted by Gasteiger charge is 2.13. The van der Waals surface area contributed by atoms with Gasteiger partial charge in [-0.3, -0.25) is 4.79 Å². The molecule has 0 radical (unpaired) electrons. The second-order valence-electron chi connectivity index (χ2n) is 16.5. The van der Waals surface area contributed by atoms with Gasteiger partial charge in [0.1, 0.15) is 6.10 Å². The monoisotopic (exact) mass is 797 g/mol. The summed E-state index contributed by atoms with van der Waals surface area (Å²) in [6.07, 6.45) is 67.3. The number of esters is 1. The van der Waals surface area contributed by atoms with Crippen LogP contribution in [0, 0.1) is 0 Å². The fraction of sp³-hybridized carbons (Fsp3) is 0.792. The lowest BCUT2D eigenvalue weighted by Gasteiger charge is -2.16. The molecule has 0 rings (SSSR count). The maximum Gasteiger partial charge on any atom is 0.306 e. The second-order valence-corrected chi connectivity index (χ2v) is 16.5. The Labute approximate surface area is 355 Å². The summed E-state index contributed by atoms with van der Waals surface area (Å²) >= 11 is 0. The fourth-order valence-corrected chi connectivity index (χ4v) is 7.07. The van der Waals surface area contributed by atoms with Gasteiger partial charge in [-0.1, -0.05) is 216 Å². The van der Waals surface area contributed by atoms with Gasteiger partial charge in [0.15, 0.2) is 0 Å². The van der Waals surface area contributed by atoms with Crippen LogP contribution in [0.25, 0.3) is 0 Å². The lowest BCUT2D eigenvalue weighted by atomic mass is 10.0. The third-order valence-corrected chi connectivity index (χ3v) is 10.8. The summed E-state index contributed by atoms with van der Waals surface area (Å²) in [5.74, 6) is -0.206. The van der Waals surface area contributed by atoms with E-state index < -0.39 is 6.10 Å². The van der Waals surface area contributed by atoms with Crippen LogP contribution < -0.4 is 0 Å². The molecule has 0 aliphatic heterocycles. The molecule has 57 heavy (non-hydrogen) atoms. The normalized spacial score (nSPS) is 12.8. The number of aliphatic hydroxyl groups excluding tert-OH is 1. The first kappa shape index (κ1) is 55.1. The lowest BCUT2D eigenvalue weighted by Crippen LogP contribution is -2.27. The number of ether oxygens (including phenoxy) is 2. The van der Waals surface area contributed by atoms with Gasteiger partial charge < -0.3 is 14.6 Å². The Kier molecular flexibility index (Phi) is 48.6. The van der Waals surface area contributed by atoms with Crippen LogP contribution in [0.4, 0.5) is 0 Å². The van der Waals surface area contributed by atoms with Crippen LogP contribution in [0.5, 0.6) is 0 Å². The first-order valence-electron chi connectivity index (χ1n) is 24.9. The minimum Gasteiger partial charge on any atom is -0.457 e. The predicted octanol–water partition coefficient (Wildman–Crippen LogP) is 16.8. The summed E-state index contributed by atoms with van der Waals surface area (Å²) in [6, 6.07) is 0. The molecule has 0 fully saturated rings. The van der Waals surface area contributed by atoms with E-state index in [0.29, 0.717) is 13.0 Å². The molecule has 1 N–H and O–H groups in total. The molecule has 4 heteroatoms. The van der Waals surface area contributed by atoms with E-state index in [1.165, 1.54) is 186 Å².